The summed E-state index contributed by atoms with van der Waals surface area (Å²) in [5.74, 6) is 6.92. The molecule has 0 bridgehead atoms. The van der Waals surface area contributed by atoms with E-state index in [1.807, 2.05) is 12.1 Å². The van der Waals surface area contributed by atoms with Crippen molar-refractivity contribution in [2.75, 3.05) is 6.61 Å². The van der Waals surface area contributed by atoms with Gasteiger partial charge in [-0.05, 0) is 61.4 Å². The van der Waals surface area contributed by atoms with Crippen LogP contribution in [0.4, 0.5) is 4.39 Å². The largest absolute Gasteiger partial charge is 0.493 e. The predicted octanol–water partition coefficient (Wildman–Crippen LogP) is 7.94. The molecular weight excluding hydrogens is 371 g/mol. The van der Waals surface area contributed by atoms with Crippen molar-refractivity contribution < 1.29 is 9.13 Å². The molecule has 30 heavy (non-hydrogen) atoms. The van der Waals surface area contributed by atoms with Gasteiger partial charge in [-0.2, -0.15) is 0 Å². The summed E-state index contributed by atoms with van der Waals surface area (Å²) in [6.07, 6.45) is 11.1. The van der Waals surface area contributed by atoms with Crippen LogP contribution in [0, 0.1) is 23.6 Å². The number of hydrogen-bond donors (Lipinski definition) is 0. The third kappa shape index (κ3) is 9.49. The van der Waals surface area contributed by atoms with Crippen LogP contribution in [0.1, 0.15) is 88.8 Å². The van der Waals surface area contributed by atoms with E-state index in [0.29, 0.717) is 23.8 Å². The molecule has 0 N–H and O–H groups in total. The summed E-state index contributed by atoms with van der Waals surface area (Å²) in [7, 11) is 0. The summed E-state index contributed by atoms with van der Waals surface area (Å²) >= 11 is 0. The Bertz CT molecular complexity index is 796. The molecule has 0 aliphatic carbocycles. The molecule has 0 aromatic heterocycles. The van der Waals surface area contributed by atoms with Gasteiger partial charge in [0.15, 0.2) is 0 Å². The van der Waals surface area contributed by atoms with Gasteiger partial charge in [-0.1, -0.05) is 76.8 Å². The molecule has 0 atom stereocenters. The zero-order chi connectivity index (χ0) is 21.6. The molecule has 2 heteroatoms. The molecule has 0 heterocycles. The standard InChI is InChI=1S/C28H37FO/c1-4-5-6-7-8-9-12-24-13-15-25(16-14-24)17-18-26-19-20-27(22-28(26)29)30-21-10-11-23(2)3/h13-16,19-20,22-23H,4-12,21H2,1-3H3. The van der Waals surface area contributed by atoms with E-state index >= 15 is 0 Å². The smallest absolute Gasteiger partial charge is 0.142 e. The highest BCUT2D eigenvalue weighted by Crippen LogP contribution is 2.17. The van der Waals surface area contributed by atoms with Crippen LogP contribution >= 0.6 is 0 Å². The highest BCUT2D eigenvalue weighted by molar-refractivity contribution is 5.45. The lowest BCUT2D eigenvalue weighted by Crippen LogP contribution is -2.00. The van der Waals surface area contributed by atoms with Crippen LogP contribution in [-0.2, 0) is 6.42 Å². The lowest BCUT2D eigenvalue weighted by atomic mass is 10.0. The zero-order valence-electron chi connectivity index (χ0n) is 19.0. The number of unbranched alkanes of at least 4 members (excludes halogenated alkanes) is 5. The number of hydrogen-bond acceptors (Lipinski definition) is 1. The second-order valence-electron chi connectivity index (χ2n) is 8.49. The molecule has 0 saturated heterocycles. The molecule has 0 saturated carbocycles. The molecule has 2 rings (SSSR count). The number of aryl methyl sites for hydroxylation is 1. The Kier molecular flexibility index (Phi) is 11.1. The average molecular weight is 409 g/mol. The van der Waals surface area contributed by atoms with Crippen molar-refractivity contribution in [2.24, 2.45) is 5.92 Å². The van der Waals surface area contributed by atoms with Crippen LogP contribution < -0.4 is 4.74 Å². The highest BCUT2D eigenvalue weighted by Gasteiger charge is 2.03. The quantitative estimate of drug-likeness (QED) is 0.256. The normalized spacial score (nSPS) is 10.7. The molecule has 1 nitrogen and oxygen atoms in total. The fraction of sp³-hybridized carbons (Fsp3) is 0.500. The molecule has 2 aromatic carbocycles. The molecule has 0 aliphatic rings. The Labute approximate surface area is 183 Å². The van der Waals surface area contributed by atoms with Crippen molar-refractivity contribution in [3.05, 3.63) is 65.0 Å². The number of rotatable bonds is 12. The first kappa shape index (κ1) is 24.0. The number of ether oxygens (including phenoxy) is 1. The first-order valence-electron chi connectivity index (χ1n) is 11.6. The van der Waals surface area contributed by atoms with Gasteiger partial charge in [-0.15, -0.1) is 0 Å². The first-order valence-corrected chi connectivity index (χ1v) is 11.6. The molecule has 0 spiro atoms. The summed E-state index contributed by atoms with van der Waals surface area (Å²) in [6, 6.07) is 13.3. The SMILES string of the molecule is CCCCCCCCc1ccc(C#Cc2ccc(OCCCC(C)C)cc2F)cc1. The molecule has 0 radical (unpaired) electrons. The maximum absolute atomic E-state index is 14.3. The molecule has 0 unspecified atom stereocenters. The number of benzene rings is 2. The van der Waals surface area contributed by atoms with Crippen molar-refractivity contribution in [3.8, 4) is 17.6 Å². The second kappa shape index (κ2) is 13.9. The zero-order valence-corrected chi connectivity index (χ0v) is 19.0. The Morgan fingerprint density at radius 2 is 1.60 bits per heavy atom. The summed E-state index contributed by atoms with van der Waals surface area (Å²) in [5.41, 5.74) is 2.66. The van der Waals surface area contributed by atoms with E-state index in [1.54, 1.807) is 12.1 Å². The fourth-order valence-electron chi connectivity index (χ4n) is 3.37. The van der Waals surface area contributed by atoms with Crippen LogP contribution in [0.3, 0.4) is 0 Å². The Balaban J connectivity index is 1.82. The van der Waals surface area contributed by atoms with Gasteiger partial charge in [0.25, 0.3) is 0 Å². The van der Waals surface area contributed by atoms with Crippen LogP contribution in [0.5, 0.6) is 5.75 Å². The molecule has 162 valence electrons. The van der Waals surface area contributed by atoms with Crippen LogP contribution in [-0.4, -0.2) is 6.61 Å². The predicted molar refractivity (Wildman–Crippen MR) is 125 cm³/mol. The Hall–Kier alpha value is -2.27. The summed E-state index contributed by atoms with van der Waals surface area (Å²) < 4.78 is 20.0. The van der Waals surface area contributed by atoms with E-state index in [2.05, 4.69) is 44.7 Å². The Morgan fingerprint density at radius 3 is 2.30 bits per heavy atom. The van der Waals surface area contributed by atoms with E-state index in [9.17, 15) is 4.39 Å². The second-order valence-corrected chi connectivity index (χ2v) is 8.49. The van der Waals surface area contributed by atoms with Gasteiger partial charge in [0.05, 0.1) is 12.2 Å². The van der Waals surface area contributed by atoms with E-state index in [4.69, 9.17) is 4.74 Å². The third-order valence-electron chi connectivity index (χ3n) is 5.25. The lowest BCUT2D eigenvalue weighted by molar-refractivity contribution is 0.296. The number of halogens is 1. The summed E-state index contributed by atoms with van der Waals surface area (Å²) in [5, 5.41) is 0. The monoisotopic (exact) mass is 408 g/mol. The maximum Gasteiger partial charge on any atom is 0.142 e. The van der Waals surface area contributed by atoms with Crippen molar-refractivity contribution in [1.29, 1.82) is 0 Å². The van der Waals surface area contributed by atoms with Crippen molar-refractivity contribution >= 4 is 0 Å². The van der Waals surface area contributed by atoms with Crippen molar-refractivity contribution in [1.82, 2.24) is 0 Å². The topological polar surface area (TPSA) is 9.23 Å². The Morgan fingerprint density at radius 1 is 0.867 bits per heavy atom. The summed E-state index contributed by atoms with van der Waals surface area (Å²) in [6.45, 7) is 7.25. The van der Waals surface area contributed by atoms with Crippen LogP contribution in [0.15, 0.2) is 42.5 Å². The fourth-order valence-corrected chi connectivity index (χ4v) is 3.37. The lowest BCUT2D eigenvalue weighted by Gasteiger charge is -2.08. The van der Waals surface area contributed by atoms with E-state index in [-0.39, 0.29) is 5.82 Å². The molecule has 0 aliphatic heterocycles. The van der Waals surface area contributed by atoms with Crippen molar-refractivity contribution in [3.63, 3.8) is 0 Å². The molecular formula is C28H37FO. The third-order valence-corrected chi connectivity index (χ3v) is 5.25. The van der Waals surface area contributed by atoms with E-state index in [1.165, 1.54) is 50.2 Å². The van der Waals surface area contributed by atoms with Gasteiger partial charge in [0.1, 0.15) is 11.6 Å². The minimum absolute atomic E-state index is 0.330. The molecule has 0 amide bonds. The van der Waals surface area contributed by atoms with E-state index in [0.717, 1.165) is 24.8 Å². The van der Waals surface area contributed by atoms with Crippen LogP contribution in [0.25, 0.3) is 0 Å². The van der Waals surface area contributed by atoms with E-state index < -0.39 is 0 Å². The average Bonchev–Trinajstić information content (AvgIpc) is 2.74. The van der Waals surface area contributed by atoms with Gasteiger partial charge in [-0.25, -0.2) is 4.39 Å². The molecule has 0 fully saturated rings. The van der Waals surface area contributed by atoms with Gasteiger partial charge in [0.2, 0.25) is 0 Å². The maximum atomic E-state index is 14.3. The van der Waals surface area contributed by atoms with Gasteiger partial charge in [0, 0.05) is 11.6 Å². The minimum Gasteiger partial charge on any atom is -0.493 e. The van der Waals surface area contributed by atoms with Gasteiger partial charge >= 0.3 is 0 Å². The minimum atomic E-state index is -0.330. The van der Waals surface area contributed by atoms with Crippen molar-refractivity contribution in [2.45, 2.75) is 78.6 Å². The van der Waals surface area contributed by atoms with Crippen LogP contribution in [0.2, 0.25) is 0 Å². The van der Waals surface area contributed by atoms with Gasteiger partial charge in [-0.3, -0.25) is 0 Å². The highest BCUT2D eigenvalue weighted by atomic mass is 19.1. The van der Waals surface area contributed by atoms with Gasteiger partial charge < -0.3 is 4.74 Å². The molecule has 2 aromatic rings. The first-order chi connectivity index (χ1) is 14.6. The summed E-state index contributed by atoms with van der Waals surface area (Å²) in [4.78, 5) is 0.